The van der Waals surface area contributed by atoms with Gasteiger partial charge in [-0.25, -0.2) is 14.6 Å². The van der Waals surface area contributed by atoms with E-state index in [-0.39, 0.29) is 11.6 Å². The van der Waals surface area contributed by atoms with Crippen LogP contribution in [-0.4, -0.2) is 43.4 Å². The van der Waals surface area contributed by atoms with Crippen LogP contribution in [0.2, 0.25) is 0 Å². The maximum Gasteiger partial charge on any atom is 0.293 e. The second kappa shape index (κ2) is 7.93. The molecule has 1 aliphatic heterocycles. The Balaban J connectivity index is 1.41. The van der Waals surface area contributed by atoms with Gasteiger partial charge in [-0.05, 0) is 31.2 Å². The summed E-state index contributed by atoms with van der Waals surface area (Å²) in [5.74, 6) is 0.811. The van der Waals surface area contributed by atoms with Crippen LogP contribution in [-0.2, 0) is 13.1 Å². The maximum atomic E-state index is 13.5. The molecule has 168 valence electrons. The lowest BCUT2D eigenvalue weighted by atomic mass is 10.1. The van der Waals surface area contributed by atoms with Crippen LogP contribution in [0.1, 0.15) is 24.8 Å². The van der Waals surface area contributed by atoms with Gasteiger partial charge in [0.1, 0.15) is 16.0 Å². The molecule has 0 saturated carbocycles. The maximum absolute atomic E-state index is 13.5. The van der Waals surface area contributed by atoms with Gasteiger partial charge in [0.05, 0.1) is 23.0 Å². The van der Waals surface area contributed by atoms with E-state index < -0.39 is 0 Å². The van der Waals surface area contributed by atoms with Gasteiger partial charge in [0, 0.05) is 31.1 Å². The molecule has 9 heteroatoms. The monoisotopic (exact) mass is 459 g/mol. The summed E-state index contributed by atoms with van der Waals surface area (Å²) in [6.07, 6.45) is 3.75. The lowest BCUT2D eigenvalue weighted by Gasteiger charge is -2.31. The largest absolute Gasteiger partial charge is 0.341 e. The third kappa shape index (κ3) is 3.39. The Kier molecular flexibility index (Phi) is 4.88. The van der Waals surface area contributed by atoms with Gasteiger partial charge in [0.15, 0.2) is 0 Å². The number of imidazole rings is 1. The Morgan fingerprint density at radius 3 is 2.88 bits per heavy atom. The van der Waals surface area contributed by atoms with Crippen LogP contribution in [0.5, 0.6) is 0 Å². The van der Waals surface area contributed by atoms with E-state index in [2.05, 4.69) is 28.2 Å². The highest BCUT2D eigenvalue weighted by Gasteiger charge is 2.24. The molecule has 0 spiro atoms. The number of hydrogen-bond donors (Lipinski definition) is 1. The van der Waals surface area contributed by atoms with Crippen molar-refractivity contribution in [3.8, 4) is 0 Å². The fraction of sp³-hybridized carbons (Fsp3) is 0.333. The zero-order valence-corrected chi connectivity index (χ0v) is 19.3. The topological polar surface area (TPSA) is 94.9 Å². The number of thiazole rings is 1. The molecule has 33 heavy (non-hydrogen) atoms. The molecule has 1 aliphatic rings. The van der Waals surface area contributed by atoms with Crippen LogP contribution in [0.15, 0.2) is 47.4 Å². The van der Waals surface area contributed by atoms with E-state index in [1.807, 2.05) is 29.7 Å². The molecule has 0 radical (unpaired) electrons. The highest BCUT2D eigenvalue weighted by Crippen LogP contribution is 2.30. The Morgan fingerprint density at radius 1 is 1.15 bits per heavy atom. The lowest BCUT2D eigenvalue weighted by molar-refractivity contribution is 0.494. The van der Waals surface area contributed by atoms with Crippen LogP contribution in [0.3, 0.4) is 0 Å². The van der Waals surface area contributed by atoms with E-state index in [0.29, 0.717) is 24.1 Å². The summed E-state index contributed by atoms with van der Waals surface area (Å²) in [4.78, 5) is 25.2. The first-order valence-corrected chi connectivity index (χ1v) is 12.2. The van der Waals surface area contributed by atoms with Gasteiger partial charge in [-0.2, -0.15) is 5.10 Å². The van der Waals surface area contributed by atoms with Crippen LogP contribution in [0.4, 0.5) is 5.95 Å². The van der Waals surface area contributed by atoms with Crippen molar-refractivity contribution in [3.05, 3.63) is 58.0 Å². The minimum Gasteiger partial charge on any atom is -0.341 e. The average molecular weight is 460 g/mol. The summed E-state index contributed by atoms with van der Waals surface area (Å²) in [6.45, 7) is 4.69. The molecule has 1 saturated heterocycles. The van der Waals surface area contributed by atoms with Gasteiger partial charge in [0.25, 0.3) is 5.56 Å². The molecule has 0 bridgehead atoms. The predicted molar refractivity (Wildman–Crippen MR) is 133 cm³/mol. The predicted octanol–water partition coefficient (Wildman–Crippen LogP) is 3.35. The molecule has 2 N–H and O–H groups in total. The van der Waals surface area contributed by atoms with E-state index in [0.717, 1.165) is 47.1 Å². The fourth-order valence-electron chi connectivity index (χ4n) is 4.82. The zero-order chi connectivity index (χ0) is 22.5. The second-order valence-electron chi connectivity index (χ2n) is 8.59. The molecule has 1 atom stereocenters. The average Bonchev–Trinajstić information content (AvgIpc) is 3.42. The minimum atomic E-state index is -0.140. The first kappa shape index (κ1) is 20.3. The first-order valence-electron chi connectivity index (χ1n) is 11.4. The molecule has 0 aliphatic carbocycles. The number of fused-ring (bicyclic) bond motifs is 4. The van der Waals surface area contributed by atoms with Crippen molar-refractivity contribution in [2.45, 2.75) is 38.9 Å². The highest BCUT2D eigenvalue weighted by atomic mass is 32.1. The number of nitrogens with two attached hydrogens (primary N) is 1. The minimum absolute atomic E-state index is 0.133. The third-order valence-electron chi connectivity index (χ3n) is 6.40. The lowest BCUT2D eigenvalue weighted by Crippen LogP contribution is -2.44. The standard InChI is InChI=1S/C24H25N7OS/c1-2-30-21-19(28-24(30)29-11-5-7-16(25)13-29)12-26-31(23(21)32)14-20-27-18-10-9-15-6-3-4-8-17(15)22(18)33-20/h3-4,6,8-10,12,16H,2,5,7,11,13-14,25H2,1H3. The molecule has 1 fully saturated rings. The van der Waals surface area contributed by atoms with Crippen LogP contribution in [0.25, 0.3) is 32.0 Å². The summed E-state index contributed by atoms with van der Waals surface area (Å²) < 4.78 is 4.64. The quantitative estimate of drug-likeness (QED) is 0.443. The van der Waals surface area contributed by atoms with Crippen molar-refractivity contribution in [2.24, 2.45) is 5.73 Å². The number of piperidine rings is 1. The highest BCUT2D eigenvalue weighted by molar-refractivity contribution is 7.19. The van der Waals surface area contributed by atoms with E-state index in [1.54, 1.807) is 17.5 Å². The van der Waals surface area contributed by atoms with Crippen molar-refractivity contribution < 1.29 is 0 Å². The smallest absolute Gasteiger partial charge is 0.293 e. The number of nitrogens with zero attached hydrogens (tertiary/aromatic N) is 6. The number of rotatable bonds is 4. The summed E-state index contributed by atoms with van der Waals surface area (Å²) in [5, 5.41) is 7.67. The molecular formula is C24H25N7OS. The van der Waals surface area contributed by atoms with Gasteiger partial charge in [0.2, 0.25) is 5.95 Å². The van der Waals surface area contributed by atoms with Crippen molar-refractivity contribution >= 4 is 49.3 Å². The molecule has 8 nitrogen and oxygen atoms in total. The molecule has 4 heterocycles. The zero-order valence-electron chi connectivity index (χ0n) is 18.4. The molecule has 6 rings (SSSR count). The normalized spacial score (nSPS) is 16.9. The van der Waals surface area contributed by atoms with Crippen molar-refractivity contribution in [1.82, 2.24) is 24.3 Å². The van der Waals surface area contributed by atoms with Crippen molar-refractivity contribution in [3.63, 3.8) is 0 Å². The van der Waals surface area contributed by atoms with Gasteiger partial charge >= 0.3 is 0 Å². The van der Waals surface area contributed by atoms with Crippen molar-refractivity contribution in [1.29, 1.82) is 0 Å². The van der Waals surface area contributed by atoms with E-state index >= 15 is 0 Å². The molecule has 2 aromatic carbocycles. The first-order chi connectivity index (χ1) is 16.1. The number of anilines is 1. The van der Waals surface area contributed by atoms with E-state index in [9.17, 15) is 4.79 Å². The van der Waals surface area contributed by atoms with Crippen LogP contribution in [0, 0.1) is 0 Å². The Labute approximate surface area is 194 Å². The van der Waals surface area contributed by atoms with Gasteiger partial charge in [-0.15, -0.1) is 11.3 Å². The van der Waals surface area contributed by atoms with E-state index in [4.69, 9.17) is 15.7 Å². The van der Waals surface area contributed by atoms with Gasteiger partial charge in [-0.3, -0.25) is 4.79 Å². The third-order valence-corrected chi connectivity index (χ3v) is 7.49. The van der Waals surface area contributed by atoms with E-state index in [1.165, 1.54) is 15.5 Å². The molecule has 0 amide bonds. The summed E-state index contributed by atoms with van der Waals surface area (Å²) in [5.41, 5.74) is 8.22. The molecule has 5 aromatic rings. The Hall–Kier alpha value is -3.30. The SMILES string of the molecule is CCn1c(N2CCCC(N)C2)nc2cnn(Cc3nc4ccc5ccccc5c4s3)c(=O)c21. The molecule has 3 aromatic heterocycles. The summed E-state index contributed by atoms with van der Waals surface area (Å²) in [7, 11) is 0. The molecule has 1 unspecified atom stereocenters. The Morgan fingerprint density at radius 2 is 2.03 bits per heavy atom. The van der Waals surface area contributed by atoms with Crippen LogP contribution < -0.4 is 16.2 Å². The number of benzene rings is 2. The Bertz CT molecular complexity index is 1550. The van der Waals surface area contributed by atoms with Crippen molar-refractivity contribution in [2.75, 3.05) is 18.0 Å². The van der Waals surface area contributed by atoms with Crippen LogP contribution >= 0.6 is 11.3 Å². The number of hydrogen-bond acceptors (Lipinski definition) is 7. The summed E-state index contributed by atoms with van der Waals surface area (Å²) in [6, 6.07) is 12.6. The van der Waals surface area contributed by atoms with Gasteiger partial charge in [-0.1, -0.05) is 30.3 Å². The molecular weight excluding hydrogens is 434 g/mol. The van der Waals surface area contributed by atoms with Gasteiger partial charge < -0.3 is 15.2 Å². The summed E-state index contributed by atoms with van der Waals surface area (Å²) >= 11 is 1.62. The fourth-order valence-corrected chi connectivity index (χ4v) is 5.90. The second-order valence-corrected chi connectivity index (χ2v) is 9.67. The number of aromatic nitrogens is 5. The number of aryl methyl sites for hydroxylation is 1.